The third-order valence-electron chi connectivity index (χ3n) is 1.83. The van der Waals surface area contributed by atoms with Crippen LogP contribution < -0.4 is 5.32 Å². The quantitative estimate of drug-likeness (QED) is 0.660. The van der Waals surface area contributed by atoms with Gasteiger partial charge in [0.2, 0.25) is 0 Å². The summed E-state index contributed by atoms with van der Waals surface area (Å²) in [6, 6.07) is 7.79. The molecule has 0 aromatic heterocycles. The molecule has 0 saturated carbocycles. The number of amidine groups is 1. The number of aryl methyl sites for hydroxylation is 1. The van der Waals surface area contributed by atoms with Crippen LogP contribution >= 0.6 is 0 Å². The van der Waals surface area contributed by atoms with Crippen LogP contribution in [0.2, 0.25) is 0 Å². The monoisotopic (exact) mass is 178 g/mol. The number of hydrogen-bond acceptors (Lipinski definition) is 4. The van der Waals surface area contributed by atoms with Crippen LogP contribution in [0.15, 0.2) is 29.4 Å². The first kappa shape index (κ1) is 8.07. The molecule has 1 heterocycles. The van der Waals surface area contributed by atoms with Crippen LogP contribution in [0.4, 0.5) is 0 Å². The van der Waals surface area contributed by atoms with Gasteiger partial charge >= 0.3 is 6.41 Å². The van der Waals surface area contributed by atoms with E-state index in [0.29, 0.717) is 5.84 Å². The number of rotatable bonds is 1. The van der Waals surface area contributed by atoms with Gasteiger partial charge in [-0.3, -0.25) is 0 Å². The Balaban J connectivity index is 2.22. The Bertz CT molecular complexity index is 332. The lowest BCUT2D eigenvalue weighted by atomic mass is 10.1. The molecule has 4 heteroatoms. The Morgan fingerprint density at radius 1 is 1.38 bits per heavy atom. The van der Waals surface area contributed by atoms with Crippen LogP contribution in [-0.4, -0.2) is 17.4 Å². The third kappa shape index (κ3) is 1.62. The highest BCUT2D eigenvalue weighted by atomic mass is 16.7. The predicted octanol–water partition coefficient (Wildman–Crippen LogP) is 0.552. The van der Waals surface area contributed by atoms with Crippen LogP contribution in [0.25, 0.3) is 0 Å². The average Bonchev–Trinajstić information content (AvgIpc) is 2.53. The van der Waals surface area contributed by atoms with E-state index in [0.717, 1.165) is 5.56 Å². The molecular weight excluding hydrogens is 168 g/mol. The fourth-order valence-electron chi connectivity index (χ4n) is 1.12. The van der Waals surface area contributed by atoms with Gasteiger partial charge in [-0.25, -0.2) is 0 Å². The number of oxime groups is 1. The molecule has 2 N–H and O–H groups in total. The maximum atomic E-state index is 8.97. The van der Waals surface area contributed by atoms with E-state index in [1.54, 1.807) is 0 Å². The van der Waals surface area contributed by atoms with Crippen molar-refractivity contribution in [1.82, 2.24) is 5.32 Å². The number of aliphatic hydroxyl groups is 1. The first-order valence-electron chi connectivity index (χ1n) is 4.01. The molecule has 4 nitrogen and oxygen atoms in total. The Kier molecular flexibility index (Phi) is 1.90. The van der Waals surface area contributed by atoms with Crippen LogP contribution in [-0.2, 0) is 4.84 Å². The molecule has 0 saturated heterocycles. The van der Waals surface area contributed by atoms with Crippen molar-refractivity contribution in [3.05, 3.63) is 35.4 Å². The second-order valence-electron chi connectivity index (χ2n) is 2.91. The summed E-state index contributed by atoms with van der Waals surface area (Å²) in [4.78, 5) is 4.58. The number of benzene rings is 1. The lowest BCUT2D eigenvalue weighted by Crippen LogP contribution is -2.29. The van der Waals surface area contributed by atoms with E-state index in [9.17, 15) is 0 Å². The van der Waals surface area contributed by atoms with E-state index in [2.05, 4.69) is 15.3 Å². The van der Waals surface area contributed by atoms with Crippen LogP contribution in [0.1, 0.15) is 11.1 Å². The smallest absolute Gasteiger partial charge is 0.304 e. The summed E-state index contributed by atoms with van der Waals surface area (Å²) in [6.07, 6.45) is -1.02. The zero-order valence-electron chi connectivity index (χ0n) is 7.19. The molecule has 68 valence electrons. The van der Waals surface area contributed by atoms with Gasteiger partial charge in [-0.05, 0) is 6.92 Å². The summed E-state index contributed by atoms with van der Waals surface area (Å²) in [7, 11) is 0. The lowest BCUT2D eigenvalue weighted by Gasteiger charge is -2.01. The molecule has 1 aromatic carbocycles. The van der Waals surface area contributed by atoms with E-state index < -0.39 is 6.41 Å². The highest BCUT2D eigenvalue weighted by molar-refractivity contribution is 5.99. The minimum Gasteiger partial charge on any atom is -0.340 e. The van der Waals surface area contributed by atoms with E-state index in [1.807, 2.05) is 31.2 Å². The van der Waals surface area contributed by atoms with Crippen molar-refractivity contribution in [2.75, 3.05) is 0 Å². The van der Waals surface area contributed by atoms with Crippen molar-refractivity contribution < 1.29 is 9.94 Å². The number of aliphatic hydroxyl groups excluding tert-OH is 1. The molecule has 0 aliphatic carbocycles. The molecule has 1 aliphatic heterocycles. The molecular formula is C9H10N2O2. The molecule has 0 bridgehead atoms. The highest BCUT2D eigenvalue weighted by Gasteiger charge is 2.16. The van der Waals surface area contributed by atoms with Gasteiger partial charge in [0.15, 0.2) is 5.84 Å². The molecule has 1 aliphatic rings. The second kappa shape index (κ2) is 3.06. The first-order chi connectivity index (χ1) is 6.25. The maximum absolute atomic E-state index is 8.97. The second-order valence-corrected chi connectivity index (χ2v) is 2.91. The summed E-state index contributed by atoms with van der Waals surface area (Å²) in [6.45, 7) is 2.01. The minimum atomic E-state index is -1.02. The molecule has 0 radical (unpaired) electrons. The van der Waals surface area contributed by atoms with Crippen LogP contribution in [0.3, 0.4) is 0 Å². The predicted molar refractivity (Wildman–Crippen MR) is 47.9 cm³/mol. The van der Waals surface area contributed by atoms with Gasteiger partial charge in [0.25, 0.3) is 0 Å². The van der Waals surface area contributed by atoms with E-state index in [-0.39, 0.29) is 0 Å². The van der Waals surface area contributed by atoms with Gasteiger partial charge in [0, 0.05) is 5.56 Å². The topological polar surface area (TPSA) is 53.9 Å². The molecule has 0 spiro atoms. The highest BCUT2D eigenvalue weighted by Crippen LogP contribution is 2.07. The lowest BCUT2D eigenvalue weighted by molar-refractivity contribution is -0.0896. The number of hydrogen-bond donors (Lipinski definition) is 2. The normalized spacial score (nSPS) is 20.5. The van der Waals surface area contributed by atoms with Gasteiger partial charge < -0.3 is 15.3 Å². The molecule has 1 atom stereocenters. The SMILES string of the molecule is Cc1ccc(C2=NOC(O)N2)cc1. The Morgan fingerprint density at radius 2 is 2.08 bits per heavy atom. The molecule has 1 unspecified atom stereocenters. The summed E-state index contributed by atoms with van der Waals surface area (Å²) < 4.78 is 0. The largest absolute Gasteiger partial charge is 0.340 e. The zero-order chi connectivity index (χ0) is 9.26. The summed E-state index contributed by atoms with van der Waals surface area (Å²) in [5.74, 6) is 0.563. The summed E-state index contributed by atoms with van der Waals surface area (Å²) >= 11 is 0. The first-order valence-corrected chi connectivity index (χ1v) is 4.01. The van der Waals surface area contributed by atoms with E-state index in [4.69, 9.17) is 5.11 Å². The molecule has 1 aromatic rings. The fourth-order valence-corrected chi connectivity index (χ4v) is 1.12. The van der Waals surface area contributed by atoms with Crippen molar-refractivity contribution in [3.63, 3.8) is 0 Å². The molecule has 0 amide bonds. The van der Waals surface area contributed by atoms with Crippen molar-refractivity contribution in [2.45, 2.75) is 13.3 Å². The van der Waals surface area contributed by atoms with Gasteiger partial charge in [-0.15, -0.1) is 0 Å². The third-order valence-corrected chi connectivity index (χ3v) is 1.83. The van der Waals surface area contributed by atoms with Crippen molar-refractivity contribution >= 4 is 5.84 Å². The van der Waals surface area contributed by atoms with Gasteiger partial charge in [-0.1, -0.05) is 35.0 Å². The fraction of sp³-hybridized carbons (Fsp3) is 0.222. The van der Waals surface area contributed by atoms with Gasteiger partial charge in [0.1, 0.15) is 0 Å². The molecule has 0 fully saturated rings. The standard InChI is InChI=1S/C9H10N2O2/c1-6-2-4-7(5-3-6)8-10-9(12)13-11-8/h2-5,9,12H,1H3,(H,10,11). The minimum absolute atomic E-state index is 0.563. The van der Waals surface area contributed by atoms with Gasteiger partial charge in [-0.2, -0.15) is 0 Å². The molecule has 2 rings (SSSR count). The van der Waals surface area contributed by atoms with Crippen LogP contribution in [0, 0.1) is 6.92 Å². The van der Waals surface area contributed by atoms with Crippen LogP contribution in [0.5, 0.6) is 0 Å². The maximum Gasteiger partial charge on any atom is 0.304 e. The Labute approximate surface area is 75.8 Å². The van der Waals surface area contributed by atoms with Crippen molar-refractivity contribution in [3.8, 4) is 0 Å². The summed E-state index contributed by atoms with van der Waals surface area (Å²) in [5.41, 5.74) is 2.09. The number of nitrogens with one attached hydrogen (secondary N) is 1. The van der Waals surface area contributed by atoms with Crippen molar-refractivity contribution in [1.29, 1.82) is 0 Å². The Morgan fingerprint density at radius 3 is 2.62 bits per heavy atom. The van der Waals surface area contributed by atoms with Crippen molar-refractivity contribution in [2.24, 2.45) is 5.16 Å². The van der Waals surface area contributed by atoms with E-state index in [1.165, 1.54) is 5.56 Å². The molecule has 13 heavy (non-hydrogen) atoms. The summed E-state index contributed by atoms with van der Waals surface area (Å²) in [5, 5.41) is 15.3. The Hall–Kier alpha value is -1.55. The van der Waals surface area contributed by atoms with Gasteiger partial charge in [0.05, 0.1) is 0 Å². The average molecular weight is 178 g/mol. The number of nitrogens with zero attached hydrogens (tertiary/aromatic N) is 1. The zero-order valence-corrected chi connectivity index (χ0v) is 7.19. The van der Waals surface area contributed by atoms with E-state index >= 15 is 0 Å².